The third kappa shape index (κ3) is 7.55. The molecule has 1 aliphatic heterocycles. The molecule has 2 aliphatic rings. The molecule has 3 rings (SSSR count). The summed E-state index contributed by atoms with van der Waals surface area (Å²) in [5, 5.41) is 6.90. The van der Waals surface area contributed by atoms with Crippen LogP contribution in [0.2, 0.25) is 0 Å². The van der Waals surface area contributed by atoms with Gasteiger partial charge >= 0.3 is 0 Å². The molecule has 0 radical (unpaired) electrons. The van der Waals surface area contributed by atoms with Crippen LogP contribution in [0, 0.1) is 5.41 Å². The van der Waals surface area contributed by atoms with Gasteiger partial charge in [0.05, 0.1) is 17.6 Å². The Balaban J connectivity index is 0.00000385. The summed E-state index contributed by atoms with van der Waals surface area (Å²) in [5.74, 6) is 0.962. The summed E-state index contributed by atoms with van der Waals surface area (Å²) in [4.78, 5) is 21.4. The second-order valence-electron chi connectivity index (χ2n) is 9.69. The number of ether oxygens (including phenoxy) is 1. The monoisotopic (exact) mass is 571 g/mol. The smallest absolute Gasteiger partial charge is 0.230 e. The summed E-state index contributed by atoms with van der Waals surface area (Å²) in [7, 11) is 5.48. The van der Waals surface area contributed by atoms with Crippen LogP contribution in [0.5, 0.6) is 0 Å². The number of hydrogen-bond donors (Lipinski definition) is 2. The number of morpholine rings is 1. The number of rotatable bonds is 7. The summed E-state index contributed by atoms with van der Waals surface area (Å²) >= 11 is 0. The van der Waals surface area contributed by atoms with Gasteiger partial charge in [0.1, 0.15) is 0 Å². The fraction of sp³-hybridized carbons (Fsp3) is 0.680. The Kier molecular flexibility index (Phi) is 10.9. The highest BCUT2D eigenvalue weighted by Gasteiger charge is 2.42. The first-order valence-electron chi connectivity index (χ1n) is 11.9. The summed E-state index contributed by atoms with van der Waals surface area (Å²) in [5.41, 5.74) is 2.27. The Labute approximate surface area is 216 Å². The van der Waals surface area contributed by atoms with E-state index in [2.05, 4.69) is 58.6 Å². The van der Waals surface area contributed by atoms with E-state index >= 15 is 0 Å². The maximum Gasteiger partial charge on any atom is 0.230 e. The van der Waals surface area contributed by atoms with Gasteiger partial charge in [-0.3, -0.25) is 14.7 Å². The fourth-order valence-electron chi connectivity index (χ4n) is 5.18. The predicted molar refractivity (Wildman–Crippen MR) is 145 cm³/mol. The van der Waals surface area contributed by atoms with E-state index in [9.17, 15) is 4.79 Å². The zero-order valence-electron chi connectivity index (χ0n) is 20.9. The minimum atomic E-state index is -0.317. The van der Waals surface area contributed by atoms with Crippen molar-refractivity contribution in [1.82, 2.24) is 20.4 Å². The lowest BCUT2D eigenvalue weighted by Crippen LogP contribution is -2.49. The van der Waals surface area contributed by atoms with Gasteiger partial charge in [0.15, 0.2) is 5.96 Å². The van der Waals surface area contributed by atoms with Gasteiger partial charge in [-0.1, -0.05) is 37.1 Å². The lowest BCUT2D eigenvalue weighted by Gasteiger charge is -2.35. The number of nitrogens with zero attached hydrogens (tertiary/aromatic N) is 3. The SMILES string of the molecule is CN=C(NCc1ccccc1CN1CC(C)OC(C)C1)NCC1(C(=O)N(C)C)CCCC1.I. The molecule has 1 saturated heterocycles. The van der Waals surface area contributed by atoms with Crippen LogP contribution in [0.4, 0.5) is 0 Å². The molecule has 0 aromatic heterocycles. The molecule has 1 aromatic rings. The first-order chi connectivity index (χ1) is 15.3. The number of amides is 1. The summed E-state index contributed by atoms with van der Waals surface area (Å²) < 4.78 is 5.88. The summed E-state index contributed by atoms with van der Waals surface area (Å²) in [6, 6.07) is 8.58. The van der Waals surface area contributed by atoms with Crippen LogP contribution in [-0.2, 0) is 22.6 Å². The summed E-state index contributed by atoms with van der Waals surface area (Å²) in [6.45, 7) is 8.43. The molecule has 0 bridgehead atoms. The van der Waals surface area contributed by atoms with Crippen molar-refractivity contribution in [2.75, 3.05) is 40.8 Å². The number of hydrogen-bond acceptors (Lipinski definition) is 4. The molecular formula is C25H42IN5O2. The maximum absolute atomic E-state index is 12.8. The molecule has 1 amide bonds. The zero-order chi connectivity index (χ0) is 23.1. The molecule has 7 nitrogen and oxygen atoms in total. The van der Waals surface area contributed by atoms with E-state index in [4.69, 9.17) is 4.74 Å². The fourth-order valence-corrected chi connectivity index (χ4v) is 5.18. The first kappa shape index (κ1) is 27.9. The molecule has 2 fully saturated rings. The van der Waals surface area contributed by atoms with Crippen LogP contribution in [0.25, 0.3) is 0 Å². The predicted octanol–water partition coefficient (Wildman–Crippen LogP) is 3.23. The number of aliphatic imine (C=N–C) groups is 1. The minimum Gasteiger partial charge on any atom is -0.373 e. The molecule has 2 unspecified atom stereocenters. The van der Waals surface area contributed by atoms with Crippen molar-refractivity contribution in [2.24, 2.45) is 10.4 Å². The van der Waals surface area contributed by atoms with Crippen LogP contribution in [0.15, 0.2) is 29.3 Å². The van der Waals surface area contributed by atoms with E-state index in [0.717, 1.165) is 51.3 Å². The van der Waals surface area contributed by atoms with E-state index in [1.165, 1.54) is 11.1 Å². The Hall–Kier alpha value is -1.39. The largest absolute Gasteiger partial charge is 0.373 e. The highest BCUT2D eigenvalue weighted by molar-refractivity contribution is 14.0. The Bertz CT molecular complexity index is 785. The maximum atomic E-state index is 12.8. The highest BCUT2D eigenvalue weighted by atomic mass is 127. The number of halogens is 1. The van der Waals surface area contributed by atoms with Crippen molar-refractivity contribution in [3.05, 3.63) is 35.4 Å². The standard InChI is InChI=1S/C25H41N5O2.HI/c1-19-15-30(16-20(2)32-19)17-22-11-7-6-10-21(22)14-27-24(26-3)28-18-25(12-8-9-13-25)23(31)29(4)5;/h6-7,10-11,19-20H,8-9,12-18H2,1-5H3,(H2,26,27,28);1H. The van der Waals surface area contributed by atoms with Gasteiger partial charge in [-0.05, 0) is 37.8 Å². The molecule has 186 valence electrons. The Morgan fingerprint density at radius 2 is 1.73 bits per heavy atom. The van der Waals surface area contributed by atoms with Crippen molar-refractivity contribution >= 4 is 35.8 Å². The topological polar surface area (TPSA) is 69.2 Å². The highest BCUT2D eigenvalue weighted by Crippen LogP contribution is 2.38. The van der Waals surface area contributed by atoms with Crippen molar-refractivity contribution < 1.29 is 9.53 Å². The number of guanidine groups is 1. The molecule has 1 saturated carbocycles. The van der Waals surface area contributed by atoms with E-state index < -0.39 is 0 Å². The van der Waals surface area contributed by atoms with Crippen molar-refractivity contribution in [1.29, 1.82) is 0 Å². The van der Waals surface area contributed by atoms with Gasteiger partial charge in [-0.2, -0.15) is 0 Å². The molecule has 1 aliphatic carbocycles. The van der Waals surface area contributed by atoms with Gasteiger partial charge < -0.3 is 20.3 Å². The van der Waals surface area contributed by atoms with Crippen LogP contribution >= 0.6 is 24.0 Å². The Morgan fingerprint density at radius 3 is 2.30 bits per heavy atom. The summed E-state index contributed by atoms with van der Waals surface area (Å²) in [6.07, 6.45) is 4.62. The minimum absolute atomic E-state index is 0. The lowest BCUT2D eigenvalue weighted by molar-refractivity contribution is -0.138. The zero-order valence-corrected chi connectivity index (χ0v) is 23.2. The number of carbonyl (C=O) groups excluding carboxylic acids is 1. The van der Waals surface area contributed by atoms with Crippen LogP contribution in [-0.4, -0.2) is 74.7 Å². The number of carbonyl (C=O) groups is 1. The molecule has 8 heteroatoms. The second-order valence-corrected chi connectivity index (χ2v) is 9.69. The number of nitrogens with one attached hydrogen (secondary N) is 2. The van der Waals surface area contributed by atoms with Crippen molar-refractivity contribution in [3.8, 4) is 0 Å². The third-order valence-corrected chi connectivity index (χ3v) is 6.69. The molecule has 33 heavy (non-hydrogen) atoms. The van der Waals surface area contributed by atoms with Crippen LogP contribution in [0.3, 0.4) is 0 Å². The van der Waals surface area contributed by atoms with E-state index in [1.807, 2.05) is 14.1 Å². The van der Waals surface area contributed by atoms with Gasteiger partial charge in [0, 0.05) is 53.9 Å². The lowest BCUT2D eigenvalue weighted by atomic mass is 9.84. The van der Waals surface area contributed by atoms with Gasteiger partial charge in [0.2, 0.25) is 5.91 Å². The number of benzene rings is 1. The second kappa shape index (κ2) is 12.9. The molecule has 2 atom stereocenters. The van der Waals surface area contributed by atoms with Crippen LogP contribution < -0.4 is 10.6 Å². The van der Waals surface area contributed by atoms with E-state index in [0.29, 0.717) is 13.1 Å². The average molecular weight is 572 g/mol. The van der Waals surface area contributed by atoms with Gasteiger partial charge in [-0.15, -0.1) is 24.0 Å². The average Bonchev–Trinajstić information content (AvgIpc) is 3.23. The Morgan fingerprint density at radius 1 is 1.12 bits per heavy atom. The normalized spacial score (nSPS) is 23.0. The molecule has 0 spiro atoms. The van der Waals surface area contributed by atoms with Gasteiger partial charge in [0.25, 0.3) is 0 Å². The van der Waals surface area contributed by atoms with E-state index in [1.54, 1.807) is 11.9 Å². The van der Waals surface area contributed by atoms with Gasteiger partial charge in [-0.25, -0.2) is 0 Å². The third-order valence-electron chi connectivity index (χ3n) is 6.69. The van der Waals surface area contributed by atoms with Crippen molar-refractivity contribution in [3.63, 3.8) is 0 Å². The quantitative estimate of drug-likeness (QED) is 0.299. The molecule has 1 heterocycles. The van der Waals surface area contributed by atoms with Crippen molar-refractivity contribution in [2.45, 2.75) is 64.8 Å². The first-order valence-corrected chi connectivity index (χ1v) is 11.9. The molecule has 1 aromatic carbocycles. The molecule has 2 N–H and O–H groups in total. The van der Waals surface area contributed by atoms with Crippen LogP contribution in [0.1, 0.15) is 50.7 Å². The molecular weight excluding hydrogens is 529 g/mol. The van der Waals surface area contributed by atoms with E-state index in [-0.39, 0.29) is 47.5 Å².